The van der Waals surface area contributed by atoms with Gasteiger partial charge in [-0.25, -0.2) is 0 Å². The van der Waals surface area contributed by atoms with E-state index in [2.05, 4.69) is 114 Å². The van der Waals surface area contributed by atoms with Crippen molar-refractivity contribution < 1.29 is 19.8 Å². The number of aliphatic carboxylic acids is 2. The van der Waals surface area contributed by atoms with Crippen molar-refractivity contribution in [1.82, 2.24) is 9.80 Å². The number of carboxylic acid groups (broad SMARTS) is 2. The van der Waals surface area contributed by atoms with E-state index in [1.54, 1.807) is 0 Å². The summed E-state index contributed by atoms with van der Waals surface area (Å²) in [6.45, 7) is 21.0. The molecule has 7 heteroatoms. The Morgan fingerprint density at radius 1 is 0.390 bits per heavy atom. The predicted molar refractivity (Wildman–Crippen MR) is 255 cm³/mol. The molecule has 0 rings (SSSR count). The molecule has 340 valence electrons. The third-order valence-corrected chi connectivity index (χ3v) is 11.3. The minimum absolute atomic E-state index is 0. The summed E-state index contributed by atoms with van der Waals surface area (Å²) in [5.74, 6) is -0.289. The maximum Gasteiger partial charge on any atom is 2.00 e. The van der Waals surface area contributed by atoms with Gasteiger partial charge in [0, 0.05) is 39.3 Å². The number of nitrogens with zero attached hydrogens (tertiary/aromatic N) is 2. The fourth-order valence-corrected chi connectivity index (χ4v) is 7.31. The van der Waals surface area contributed by atoms with Crippen LogP contribution in [0.2, 0.25) is 0 Å². The first-order valence-electron chi connectivity index (χ1n) is 24.6. The quantitative estimate of drug-likeness (QED) is 0.0347. The first-order valence-corrected chi connectivity index (χ1v) is 24.6. The summed E-state index contributed by atoms with van der Waals surface area (Å²) in [6.07, 6.45) is 47.7. The van der Waals surface area contributed by atoms with E-state index in [0.29, 0.717) is 23.7 Å². The van der Waals surface area contributed by atoms with Crippen molar-refractivity contribution in [3.05, 3.63) is 48.6 Å². The summed E-state index contributed by atoms with van der Waals surface area (Å²) >= 11 is 0. The van der Waals surface area contributed by atoms with Gasteiger partial charge in [-0.05, 0) is 101 Å². The van der Waals surface area contributed by atoms with Gasteiger partial charge in [0.25, 0.3) is 0 Å². The fourth-order valence-electron chi connectivity index (χ4n) is 7.31. The molecular weight excluding hydrogens is 757 g/mol. The van der Waals surface area contributed by atoms with Crippen LogP contribution in [0.1, 0.15) is 209 Å². The second-order valence-corrected chi connectivity index (χ2v) is 16.9. The maximum atomic E-state index is 11.3. The maximum absolute atomic E-state index is 11.3. The van der Waals surface area contributed by atoms with E-state index in [9.17, 15) is 19.8 Å². The molecule has 0 aliphatic carbocycles. The van der Waals surface area contributed by atoms with Gasteiger partial charge in [0.05, 0.1) is 11.9 Å². The van der Waals surface area contributed by atoms with Crippen molar-refractivity contribution in [3.63, 3.8) is 0 Å². The molecule has 0 N–H and O–H groups in total. The summed E-state index contributed by atoms with van der Waals surface area (Å²) in [4.78, 5) is 26.7. The molecule has 0 saturated heterocycles. The number of rotatable bonds is 40. The Morgan fingerprint density at radius 2 is 0.610 bits per heavy atom. The van der Waals surface area contributed by atoms with Gasteiger partial charge in [0.2, 0.25) is 0 Å². The minimum atomic E-state index is -0.971. The number of hydrogen-bond acceptors (Lipinski definition) is 6. The predicted octanol–water partition coefficient (Wildman–Crippen LogP) is 11.9. The van der Waals surface area contributed by atoms with E-state index < -0.39 is 11.9 Å². The van der Waals surface area contributed by atoms with Crippen molar-refractivity contribution in [2.24, 2.45) is 23.7 Å². The minimum Gasteiger partial charge on any atom is -0.549 e. The molecule has 4 atom stereocenters. The van der Waals surface area contributed by atoms with E-state index >= 15 is 0 Å². The van der Waals surface area contributed by atoms with Gasteiger partial charge in [-0.2, -0.15) is 0 Å². The molecule has 0 spiro atoms. The molecule has 6 nitrogen and oxygen atoms in total. The summed E-state index contributed by atoms with van der Waals surface area (Å²) in [5, 5.41) is 22.6. The van der Waals surface area contributed by atoms with Gasteiger partial charge >= 0.3 is 37.7 Å². The van der Waals surface area contributed by atoms with Crippen LogP contribution in [0, 0.1) is 23.7 Å². The third-order valence-electron chi connectivity index (χ3n) is 11.3. The molecule has 0 aromatic carbocycles. The molecule has 0 aliphatic rings. The molecule has 0 amide bonds. The molecule has 0 bridgehead atoms. The normalized spacial score (nSPS) is 14.0. The van der Waals surface area contributed by atoms with Crippen molar-refractivity contribution in [2.75, 3.05) is 39.3 Å². The van der Waals surface area contributed by atoms with Crippen LogP contribution in [0.25, 0.3) is 0 Å². The van der Waals surface area contributed by atoms with E-state index in [1.807, 2.05) is 0 Å². The molecule has 0 fully saturated rings. The van der Waals surface area contributed by atoms with Crippen molar-refractivity contribution >= 4 is 49.7 Å². The van der Waals surface area contributed by atoms with Crippen LogP contribution < -0.4 is 10.2 Å². The van der Waals surface area contributed by atoms with Crippen LogP contribution in [-0.4, -0.2) is 98.7 Å². The Balaban J connectivity index is -0.00000105. The molecule has 0 saturated carbocycles. The first kappa shape index (κ1) is 62.4. The van der Waals surface area contributed by atoms with E-state index in [0.717, 1.165) is 77.5 Å². The number of carbonyl (C=O) groups is 2. The Morgan fingerprint density at radius 3 is 0.780 bits per heavy atom. The molecular formula is C52H96CaN2O4. The smallest absolute Gasteiger partial charge is 0.549 e. The molecule has 0 heterocycles. The zero-order valence-electron chi connectivity index (χ0n) is 40.4. The fraction of sp³-hybridized carbons (Fsp3) is 0.808. The van der Waals surface area contributed by atoms with Crippen LogP contribution in [-0.2, 0) is 9.59 Å². The largest absolute Gasteiger partial charge is 2.00 e. The number of unbranched alkanes of at least 4 members (excludes halogenated alkanes) is 16. The van der Waals surface area contributed by atoms with Crippen LogP contribution in [0.15, 0.2) is 48.6 Å². The molecule has 0 aliphatic heterocycles. The molecule has 0 radical (unpaired) electrons. The Labute approximate surface area is 397 Å². The Hall–Kier alpha value is -0.920. The van der Waals surface area contributed by atoms with Crippen LogP contribution >= 0.6 is 0 Å². The third kappa shape index (κ3) is 43.5. The van der Waals surface area contributed by atoms with E-state index in [-0.39, 0.29) is 50.8 Å². The van der Waals surface area contributed by atoms with E-state index in [1.165, 1.54) is 103 Å². The second-order valence-electron chi connectivity index (χ2n) is 16.9. The van der Waals surface area contributed by atoms with Gasteiger partial charge in [0.1, 0.15) is 0 Å². The molecule has 4 unspecified atom stereocenters. The first-order chi connectivity index (χ1) is 28.1. The zero-order chi connectivity index (χ0) is 43.5. The standard InChI is InChI=1S/2C26H49NO2.Ca/c2*1-5-9-11-13-15-17-19-24(7-3)21-27(23-26(28)29)22-25(8-4)20-18-16-14-12-10-6-2;/h2*17-20,24-25H,5-16,21-23H2,1-4H3,(H,28,29);/q;;+2/p-2/b2*19-17+,20-18+;. The average molecular weight is 853 g/mol. The molecule has 0 aromatic rings. The SMILES string of the molecule is CCCCCC/C=C/C(CC)CN(CC(=O)[O-])CC(/C=C/CCCCCC)CC.CCCCCC/C=C/C(CC)CN(CC(=O)[O-])CC(/C=C/CCCCCC)CC.[Ca+2]. The van der Waals surface area contributed by atoms with Gasteiger partial charge in [-0.15, -0.1) is 0 Å². The summed E-state index contributed by atoms with van der Waals surface area (Å²) < 4.78 is 0. The van der Waals surface area contributed by atoms with Crippen LogP contribution in [0.3, 0.4) is 0 Å². The van der Waals surface area contributed by atoms with Crippen LogP contribution in [0.4, 0.5) is 0 Å². The van der Waals surface area contributed by atoms with Gasteiger partial charge in [-0.1, -0.05) is 181 Å². The summed E-state index contributed by atoms with van der Waals surface area (Å²) in [7, 11) is 0. The molecule has 0 aromatic heterocycles. The second kappa shape index (κ2) is 48.1. The van der Waals surface area contributed by atoms with Crippen molar-refractivity contribution in [3.8, 4) is 0 Å². The van der Waals surface area contributed by atoms with Crippen molar-refractivity contribution in [1.29, 1.82) is 0 Å². The number of carboxylic acids is 2. The van der Waals surface area contributed by atoms with Gasteiger partial charge < -0.3 is 19.8 Å². The number of hydrogen-bond donors (Lipinski definition) is 0. The summed E-state index contributed by atoms with van der Waals surface area (Å²) in [6, 6.07) is 0. The van der Waals surface area contributed by atoms with Crippen LogP contribution in [0.5, 0.6) is 0 Å². The Kier molecular flexibility index (Phi) is 50.9. The van der Waals surface area contributed by atoms with Gasteiger partial charge in [-0.3, -0.25) is 9.80 Å². The zero-order valence-corrected chi connectivity index (χ0v) is 42.6. The average Bonchev–Trinajstić information content (AvgIpc) is 3.20. The topological polar surface area (TPSA) is 86.7 Å². The van der Waals surface area contributed by atoms with Crippen molar-refractivity contribution in [2.45, 2.75) is 209 Å². The number of carbonyl (C=O) groups excluding carboxylic acids is 2. The molecule has 59 heavy (non-hydrogen) atoms. The van der Waals surface area contributed by atoms with Gasteiger partial charge in [0.15, 0.2) is 0 Å². The monoisotopic (exact) mass is 853 g/mol. The van der Waals surface area contributed by atoms with E-state index in [4.69, 9.17) is 0 Å². The summed E-state index contributed by atoms with van der Waals surface area (Å²) in [5.41, 5.74) is 0. The Bertz CT molecular complexity index is 884. The number of allylic oxidation sites excluding steroid dienone is 4.